The van der Waals surface area contributed by atoms with Gasteiger partial charge in [0.2, 0.25) is 0 Å². The van der Waals surface area contributed by atoms with Crippen molar-refractivity contribution in [3.63, 3.8) is 0 Å². The second-order valence-electron chi connectivity index (χ2n) is 11.7. The Balaban J connectivity index is 1.46. The van der Waals surface area contributed by atoms with Crippen molar-refractivity contribution < 1.29 is 0 Å². The van der Waals surface area contributed by atoms with E-state index in [9.17, 15) is 0 Å². The van der Waals surface area contributed by atoms with E-state index in [2.05, 4.69) is 172 Å². The van der Waals surface area contributed by atoms with Gasteiger partial charge < -0.3 is 0 Å². The van der Waals surface area contributed by atoms with Crippen molar-refractivity contribution in [3.8, 4) is 33.4 Å². The largest absolute Gasteiger partial charge is 0.0984 e. The van der Waals surface area contributed by atoms with Gasteiger partial charge in [-0.15, -0.1) is 0 Å². The van der Waals surface area contributed by atoms with Crippen LogP contribution in [-0.2, 0) is 0 Å². The van der Waals surface area contributed by atoms with E-state index in [1.54, 1.807) is 0 Å². The molecule has 0 aliphatic heterocycles. The van der Waals surface area contributed by atoms with E-state index >= 15 is 0 Å². The Morgan fingerprint density at radius 3 is 1.58 bits per heavy atom. The molecule has 0 heterocycles. The first-order valence-electron chi connectivity index (χ1n) is 15.8. The fourth-order valence-corrected chi connectivity index (χ4v) is 6.59. The van der Waals surface area contributed by atoms with Crippen molar-refractivity contribution in [2.75, 3.05) is 0 Å². The quantitative estimate of drug-likeness (QED) is 0.131. The molecular formula is C45H36. The van der Waals surface area contributed by atoms with Crippen molar-refractivity contribution in [1.29, 1.82) is 0 Å². The lowest BCUT2D eigenvalue weighted by Crippen LogP contribution is -1.92. The summed E-state index contributed by atoms with van der Waals surface area (Å²) < 4.78 is 0. The van der Waals surface area contributed by atoms with Gasteiger partial charge in [-0.2, -0.15) is 0 Å². The van der Waals surface area contributed by atoms with E-state index in [1.165, 1.54) is 76.8 Å². The summed E-state index contributed by atoms with van der Waals surface area (Å²) in [7, 11) is 0. The number of fused-ring (bicyclic) bond motifs is 3. The molecule has 7 rings (SSSR count). The summed E-state index contributed by atoms with van der Waals surface area (Å²) in [6.45, 7) is 8.44. The van der Waals surface area contributed by atoms with Crippen LogP contribution in [0.4, 0.5) is 0 Å². The van der Waals surface area contributed by atoms with Gasteiger partial charge in [0.1, 0.15) is 0 Å². The van der Waals surface area contributed by atoms with Gasteiger partial charge in [-0.1, -0.05) is 177 Å². The highest BCUT2D eigenvalue weighted by atomic mass is 14.2. The molecule has 0 aliphatic carbocycles. The normalized spacial score (nSPS) is 12.2. The summed E-state index contributed by atoms with van der Waals surface area (Å²) in [5.41, 5.74) is 11.2. The topological polar surface area (TPSA) is 0 Å². The lowest BCUT2D eigenvalue weighted by atomic mass is 9.84. The molecule has 45 heavy (non-hydrogen) atoms. The summed E-state index contributed by atoms with van der Waals surface area (Å²) in [6.07, 6.45) is 7.36. The number of rotatable bonds is 7. The predicted molar refractivity (Wildman–Crippen MR) is 197 cm³/mol. The molecule has 0 bridgehead atoms. The van der Waals surface area contributed by atoms with E-state index < -0.39 is 0 Å². The molecule has 0 fully saturated rings. The third-order valence-electron chi connectivity index (χ3n) is 9.04. The number of allylic oxidation sites excluding steroid dienone is 5. The lowest BCUT2D eigenvalue weighted by molar-refractivity contribution is 1.10. The first kappa shape index (κ1) is 28.3. The molecule has 0 unspecified atom stereocenters. The molecule has 0 saturated heterocycles. The van der Waals surface area contributed by atoms with Gasteiger partial charge in [0.05, 0.1) is 0 Å². The van der Waals surface area contributed by atoms with Crippen LogP contribution in [0.1, 0.15) is 25.8 Å². The van der Waals surface area contributed by atoms with Gasteiger partial charge in [-0.25, -0.2) is 0 Å². The molecule has 216 valence electrons. The number of hydrogen-bond acceptors (Lipinski definition) is 0. The smallest absolute Gasteiger partial charge is 0.00201 e. The third-order valence-corrected chi connectivity index (χ3v) is 9.04. The fraction of sp³-hybridized carbons (Fsp3) is 0.0667. The molecule has 0 N–H and O–H groups in total. The molecule has 7 aromatic carbocycles. The molecule has 0 saturated carbocycles. The lowest BCUT2D eigenvalue weighted by Gasteiger charge is -2.19. The van der Waals surface area contributed by atoms with Crippen molar-refractivity contribution in [2.24, 2.45) is 0 Å². The minimum Gasteiger partial charge on any atom is -0.0984 e. The maximum Gasteiger partial charge on any atom is -0.00201 e. The molecule has 7 aromatic rings. The average molecular weight is 577 g/mol. The van der Waals surface area contributed by atoms with Gasteiger partial charge >= 0.3 is 0 Å². The van der Waals surface area contributed by atoms with E-state index in [4.69, 9.17) is 0 Å². The van der Waals surface area contributed by atoms with Crippen molar-refractivity contribution in [1.82, 2.24) is 0 Å². The Morgan fingerprint density at radius 2 is 1.00 bits per heavy atom. The highest BCUT2D eigenvalue weighted by molar-refractivity contribution is 6.24. The Kier molecular flexibility index (Phi) is 7.72. The van der Waals surface area contributed by atoms with Crippen LogP contribution in [0.15, 0.2) is 170 Å². The summed E-state index contributed by atoms with van der Waals surface area (Å²) in [6, 6.07) is 50.9. The zero-order valence-electron chi connectivity index (χ0n) is 25.9. The van der Waals surface area contributed by atoms with Gasteiger partial charge in [-0.3, -0.25) is 0 Å². The first-order valence-corrected chi connectivity index (χ1v) is 15.8. The fourth-order valence-electron chi connectivity index (χ4n) is 6.59. The summed E-state index contributed by atoms with van der Waals surface area (Å²) >= 11 is 0. The molecule has 0 atom stereocenters. The summed E-state index contributed by atoms with van der Waals surface area (Å²) in [5.74, 6) is 0. The van der Waals surface area contributed by atoms with Crippen LogP contribution in [0.25, 0.3) is 71.3 Å². The highest BCUT2D eigenvalue weighted by Gasteiger charge is 2.18. The van der Waals surface area contributed by atoms with Crippen LogP contribution in [0.5, 0.6) is 0 Å². The summed E-state index contributed by atoms with van der Waals surface area (Å²) in [5, 5.41) is 7.58. The van der Waals surface area contributed by atoms with Crippen LogP contribution in [-0.4, -0.2) is 0 Å². The van der Waals surface area contributed by atoms with E-state index in [0.29, 0.717) is 0 Å². The van der Waals surface area contributed by atoms with E-state index in [0.717, 1.165) is 12.0 Å². The van der Waals surface area contributed by atoms with Gasteiger partial charge in [0.15, 0.2) is 0 Å². The zero-order chi connectivity index (χ0) is 30.8. The Hall–Kier alpha value is -5.46. The van der Waals surface area contributed by atoms with E-state index in [1.807, 2.05) is 6.08 Å². The van der Waals surface area contributed by atoms with Gasteiger partial charge in [0, 0.05) is 0 Å². The van der Waals surface area contributed by atoms with Crippen molar-refractivity contribution >= 4 is 37.9 Å². The molecule has 0 nitrogen and oxygen atoms in total. The molecule has 0 spiro atoms. The minimum atomic E-state index is 1.04. The Labute approximate surface area is 266 Å². The van der Waals surface area contributed by atoms with Crippen LogP contribution in [0.3, 0.4) is 0 Å². The maximum absolute atomic E-state index is 4.09. The van der Waals surface area contributed by atoms with Gasteiger partial charge in [0.25, 0.3) is 0 Å². The number of hydrogen-bond donors (Lipinski definition) is 0. The van der Waals surface area contributed by atoms with Crippen LogP contribution in [0, 0.1) is 0 Å². The molecule has 0 radical (unpaired) electrons. The van der Waals surface area contributed by atoms with E-state index in [-0.39, 0.29) is 0 Å². The molecule has 0 heteroatoms. The molecule has 0 amide bonds. The van der Waals surface area contributed by atoms with Gasteiger partial charge in [-0.05, 0) is 90.2 Å². The Bertz CT molecular complexity index is 2190. The van der Waals surface area contributed by atoms with Crippen molar-refractivity contribution in [3.05, 3.63) is 175 Å². The Morgan fingerprint density at radius 1 is 0.489 bits per heavy atom. The zero-order valence-corrected chi connectivity index (χ0v) is 25.9. The first-order chi connectivity index (χ1) is 22.2. The maximum atomic E-state index is 4.09. The second kappa shape index (κ2) is 12.3. The predicted octanol–water partition coefficient (Wildman–Crippen LogP) is 13.1. The molecule has 0 aromatic heterocycles. The highest BCUT2D eigenvalue weighted by Crippen LogP contribution is 2.46. The molecular weight excluding hydrogens is 540 g/mol. The van der Waals surface area contributed by atoms with Crippen LogP contribution in [0.2, 0.25) is 0 Å². The SMILES string of the molecule is C=C/C(=C\C=C(C)CC)c1ccc(-c2c3ccccc3c(-c3cccc4c(-c5ccccc5)cccc34)c3ccccc23)cc1. The van der Waals surface area contributed by atoms with Crippen molar-refractivity contribution in [2.45, 2.75) is 20.3 Å². The molecule has 0 aliphatic rings. The van der Waals surface area contributed by atoms with Crippen LogP contribution >= 0.6 is 0 Å². The monoisotopic (exact) mass is 576 g/mol. The second-order valence-corrected chi connectivity index (χ2v) is 11.7. The number of benzene rings is 7. The standard InChI is InChI=1S/C45H36/c1-4-31(3)25-26-32(5-2)33-27-29-35(30-28-33)44-40-17-9-11-19-42(40)45(43-20-12-10-18-41(43)44)39-24-14-22-37-36(21-13-23-38(37)39)34-15-7-6-8-16-34/h5-30H,2,4H2,1,3H3/b31-25?,32-26+. The minimum absolute atomic E-state index is 1.04. The van der Waals surface area contributed by atoms with Crippen LogP contribution < -0.4 is 0 Å². The summed E-state index contributed by atoms with van der Waals surface area (Å²) in [4.78, 5) is 0. The third kappa shape index (κ3) is 5.19. The average Bonchev–Trinajstić information content (AvgIpc) is 3.11.